The molecule has 1 aliphatic rings. The van der Waals surface area contributed by atoms with E-state index in [9.17, 15) is 4.79 Å². The van der Waals surface area contributed by atoms with Crippen LogP contribution in [0.5, 0.6) is 5.75 Å². The summed E-state index contributed by atoms with van der Waals surface area (Å²) in [6, 6.07) is 7.52. The molecule has 0 spiro atoms. The van der Waals surface area contributed by atoms with Crippen LogP contribution in [0.25, 0.3) is 0 Å². The average Bonchev–Trinajstić information content (AvgIpc) is 2.74. The highest BCUT2D eigenvalue weighted by Crippen LogP contribution is 2.28. The fourth-order valence-electron chi connectivity index (χ4n) is 2.48. The Morgan fingerprint density at radius 2 is 1.95 bits per heavy atom. The van der Waals surface area contributed by atoms with Gasteiger partial charge in [0.05, 0.1) is 14.2 Å². The largest absolute Gasteiger partial charge is 0.497 e. The molecule has 1 unspecified atom stereocenters. The van der Waals surface area contributed by atoms with E-state index in [1.54, 1.807) is 7.11 Å². The van der Waals surface area contributed by atoms with E-state index in [4.69, 9.17) is 14.2 Å². The van der Waals surface area contributed by atoms with Crippen LogP contribution in [0.3, 0.4) is 0 Å². The third-order valence-corrected chi connectivity index (χ3v) is 3.62. The second-order valence-electron chi connectivity index (χ2n) is 4.89. The number of esters is 1. The van der Waals surface area contributed by atoms with Crippen molar-refractivity contribution in [3.8, 4) is 5.75 Å². The van der Waals surface area contributed by atoms with Gasteiger partial charge in [-0.1, -0.05) is 0 Å². The van der Waals surface area contributed by atoms with Crippen LogP contribution in [0.15, 0.2) is 24.3 Å². The van der Waals surface area contributed by atoms with Gasteiger partial charge in [0, 0.05) is 25.3 Å². The summed E-state index contributed by atoms with van der Waals surface area (Å²) >= 11 is 0. The highest BCUT2D eigenvalue weighted by Gasteiger charge is 2.40. The Morgan fingerprint density at radius 3 is 2.60 bits per heavy atom. The maximum absolute atomic E-state index is 12.2. The molecule has 0 bridgehead atoms. The third-order valence-electron chi connectivity index (χ3n) is 3.62. The number of hydrogen-bond donors (Lipinski definition) is 1. The molecular formula is C15H21NO4. The fourth-order valence-corrected chi connectivity index (χ4v) is 2.48. The van der Waals surface area contributed by atoms with Gasteiger partial charge in [-0.25, -0.2) is 4.79 Å². The topological polar surface area (TPSA) is 56.8 Å². The van der Waals surface area contributed by atoms with Crippen LogP contribution >= 0.6 is 0 Å². The average molecular weight is 279 g/mol. The number of methoxy groups -OCH3 is 2. The van der Waals surface area contributed by atoms with Gasteiger partial charge in [0.25, 0.3) is 0 Å². The molecule has 0 aliphatic carbocycles. The molecule has 0 amide bonds. The number of carbonyl (C=O) groups is 1. The van der Waals surface area contributed by atoms with Crippen LogP contribution in [0, 0.1) is 0 Å². The Morgan fingerprint density at radius 1 is 1.20 bits per heavy atom. The lowest BCUT2D eigenvalue weighted by Crippen LogP contribution is -2.47. The normalized spacial score (nSPS) is 22.7. The highest BCUT2D eigenvalue weighted by molar-refractivity contribution is 5.84. The second-order valence-corrected chi connectivity index (χ2v) is 4.89. The molecular weight excluding hydrogens is 258 g/mol. The Kier molecular flexibility index (Phi) is 4.84. The summed E-state index contributed by atoms with van der Waals surface area (Å²) in [7, 11) is 3.05. The molecule has 0 aromatic heterocycles. The van der Waals surface area contributed by atoms with Crippen LogP contribution in [0.2, 0.25) is 0 Å². The van der Waals surface area contributed by atoms with Crippen molar-refractivity contribution in [3.05, 3.63) is 24.3 Å². The first kappa shape index (κ1) is 14.7. The van der Waals surface area contributed by atoms with Crippen LogP contribution in [-0.2, 0) is 14.3 Å². The first-order valence-corrected chi connectivity index (χ1v) is 6.78. The van der Waals surface area contributed by atoms with Gasteiger partial charge in [-0.2, -0.15) is 0 Å². The predicted molar refractivity (Wildman–Crippen MR) is 76.0 cm³/mol. The van der Waals surface area contributed by atoms with Gasteiger partial charge in [-0.05, 0) is 37.1 Å². The van der Waals surface area contributed by atoms with Gasteiger partial charge in [0.1, 0.15) is 11.3 Å². The summed E-state index contributed by atoms with van der Waals surface area (Å²) in [6.45, 7) is 1.24. The van der Waals surface area contributed by atoms with Crippen molar-refractivity contribution in [2.45, 2.75) is 24.8 Å². The van der Waals surface area contributed by atoms with Crippen molar-refractivity contribution in [2.75, 3.05) is 32.8 Å². The van der Waals surface area contributed by atoms with E-state index in [2.05, 4.69) is 5.32 Å². The van der Waals surface area contributed by atoms with Crippen molar-refractivity contribution >= 4 is 11.7 Å². The molecule has 5 nitrogen and oxygen atoms in total. The minimum Gasteiger partial charge on any atom is -0.497 e. The summed E-state index contributed by atoms with van der Waals surface area (Å²) < 4.78 is 15.6. The fraction of sp³-hybridized carbons (Fsp3) is 0.533. The molecule has 5 heteroatoms. The number of carbonyl (C=O) groups excluding carboxylic acids is 1. The van der Waals surface area contributed by atoms with E-state index < -0.39 is 5.54 Å². The Bertz CT molecular complexity index is 436. The molecule has 0 radical (unpaired) electrons. The van der Waals surface area contributed by atoms with Gasteiger partial charge < -0.3 is 19.5 Å². The molecule has 110 valence electrons. The highest BCUT2D eigenvalue weighted by atomic mass is 16.5. The number of benzene rings is 1. The lowest BCUT2D eigenvalue weighted by atomic mass is 9.90. The van der Waals surface area contributed by atoms with Gasteiger partial charge in [-0.3, -0.25) is 0 Å². The Balaban J connectivity index is 2.19. The zero-order chi connectivity index (χ0) is 14.4. The van der Waals surface area contributed by atoms with E-state index in [0.717, 1.165) is 17.9 Å². The van der Waals surface area contributed by atoms with Gasteiger partial charge >= 0.3 is 5.97 Å². The Hall–Kier alpha value is -1.75. The van der Waals surface area contributed by atoms with E-state index >= 15 is 0 Å². The van der Waals surface area contributed by atoms with Crippen molar-refractivity contribution in [1.82, 2.24) is 0 Å². The molecule has 1 fully saturated rings. The number of nitrogens with one attached hydrogen (secondary N) is 1. The summed E-state index contributed by atoms with van der Waals surface area (Å²) in [5, 5.41) is 3.33. The minimum atomic E-state index is -0.708. The number of ether oxygens (including phenoxy) is 3. The SMILES string of the molecule is COC(=O)C1(Nc2ccc(OC)cc2)CCCOCC1. The molecule has 1 aromatic rings. The van der Waals surface area contributed by atoms with Crippen molar-refractivity contribution in [3.63, 3.8) is 0 Å². The van der Waals surface area contributed by atoms with Gasteiger partial charge in [0.2, 0.25) is 0 Å². The number of hydrogen-bond acceptors (Lipinski definition) is 5. The molecule has 2 rings (SSSR count). The van der Waals surface area contributed by atoms with Crippen LogP contribution in [0.1, 0.15) is 19.3 Å². The summed E-state index contributed by atoms with van der Waals surface area (Å²) in [5.41, 5.74) is 0.165. The van der Waals surface area contributed by atoms with E-state index in [1.807, 2.05) is 24.3 Å². The summed E-state index contributed by atoms with van der Waals surface area (Å²) in [5.74, 6) is 0.547. The molecule has 1 atom stereocenters. The van der Waals surface area contributed by atoms with Gasteiger partial charge in [0.15, 0.2) is 0 Å². The molecule has 1 saturated heterocycles. The first-order valence-electron chi connectivity index (χ1n) is 6.78. The third kappa shape index (κ3) is 3.22. The van der Waals surface area contributed by atoms with Crippen LogP contribution in [-0.4, -0.2) is 38.9 Å². The zero-order valence-corrected chi connectivity index (χ0v) is 12.0. The molecule has 1 N–H and O–H groups in total. The van der Waals surface area contributed by atoms with E-state index in [1.165, 1.54) is 7.11 Å². The number of anilines is 1. The quantitative estimate of drug-likeness (QED) is 0.856. The molecule has 1 aromatic carbocycles. The van der Waals surface area contributed by atoms with Crippen molar-refractivity contribution in [1.29, 1.82) is 0 Å². The van der Waals surface area contributed by atoms with Crippen LogP contribution < -0.4 is 10.1 Å². The molecule has 1 heterocycles. The maximum atomic E-state index is 12.2. The van der Waals surface area contributed by atoms with Crippen molar-refractivity contribution < 1.29 is 19.0 Å². The van der Waals surface area contributed by atoms with Crippen LogP contribution in [0.4, 0.5) is 5.69 Å². The first-order chi connectivity index (χ1) is 9.70. The molecule has 1 aliphatic heterocycles. The predicted octanol–water partition coefficient (Wildman–Crippen LogP) is 2.22. The monoisotopic (exact) mass is 279 g/mol. The number of rotatable bonds is 4. The lowest BCUT2D eigenvalue weighted by molar-refractivity contribution is -0.146. The Labute approximate surface area is 119 Å². The zero-order valence-electron chi connectivity index (χ0n) is 12.0. The van der Waals surface area contributed by atoms with E-state index in [-0.39, 0.29) is 5.97 Å². The van der Waals surface area contributed by atoms with Gasteiger partial charge in [-0.15, -0.1) is 0 Å². The smallest absolute Gasteiger partial charge is 0.331 e. The van der Waals surface area contributed by atoms with E-state index in [0.29, 0.717) is 26.1 Å². The lowest BCUT2D eigenvalue weighted by Gasteiger charge is -2.31. The second kappa shape index (κ2) is 6.61. The summed E-state index contributed by atoms with van der Waals surface area (Å²) in [6.07, 6.45) is 2.13. The summed E-state index contributed by atoms with van der Waals surface area (Å²) in [4.78, 5) is 12.2. The minimum absolute atomic E-state index is 0.237. The standard InChI is InChI=1S/C15H21NO4/c1-18-13-6-4-12(5-7-13)16-15(14(17)19-2)8-3-10-20-11-9-15/h4-7,16H,3,8-11H2,1-2H3. The molecule has 20 heavy (non-hydrogen) atoms. The maximum Gasteiger partial charge on any atom is 0.331 e. The molecule has 0 saturated carbocycles. The van der Waals surface area contributed by atoms with Crippen molar-refractivity contribution in [2.24, 2.45) is 0 Å².